The summed E-state index contributed by atoms with van der Waals surface area (Å²) < 4.78 is 18.1. The van der Waals surface area contributed by atoms with Crippen LogP contribution in [0.5, 0.6) is 0 Å². The van der Waals surface area contributed by atoms with Crippen LogP contribution in [0.2, 0.25) is 0 Å². The van der Waals surface area contributed by atoms with Crippen LogP contribution < -0.4 is 16.4 Å². The van der Waals surface area contributed by atoms with Crippen LogP contribution in [0.25, 0.3) is 33.2 Å². The average Bonchev–Trinajstić information content (AvgIpc) is 3.32. The summed E-state index contributed by atoms with van der Waals surface area (Å²) in [5, 5.41) is 16.5. The third kappa shape index (κ3) is 4.09. The van der Waals surface area contributed by atoms with E-state index >= 15 is 0 Å². The van der Waals surface area contributed by atoms with Gasteiger partial charge in [0.05, 0.1) is 17.8 Å². The first-order chi connectivity index (χ1) is 16.5. The molecule has 34 heavy (non-hydrogen) atoms. The molecule has 0 radical (unpaired) electrons. The number of fused-ring (bicyclic) bond motifs is 2. The summed E-state index contributed by atoms with van der Waals surface area (Å²) in [5.41, 5.74) is 4.49. The van der Waals surface area contributed by atoms with E-state index in [0.29, 0.717) is 36.3 Å². The Bertz CT molecular complexity index is 1450. The van der Waals surface area contributed by atoms with Gasteiger partial charge in [-0.05, 0) is 42.3 Å². The lowest BCUT2D eigenvalue weighted by molar-refractivity contribution is -0.132. The van der Waals surface area contributed by atoms with Crippen LogP contribution in [-0.4, -0.2) is 42.3 Å². The number of carbonyl (C=O) groups excluding carboxylic acids is 1. The highest BCUT2D eigenvalue weighted by Gasteiger charge is 2.24. The quantitative estimate of drug-likeness (QED) is 0.469. The van der Waals surface area contributed by atoms with Crippen molar-refractivity contribution in [2.45, 2.75) is 25.0 Å². The first-order valence-electron chi connectivity index (χ1n) is 11.2. The van der Waals surface area contributed by atoms with Crippen molar-refractivity contribution in [3.05, 3.63) is 58.8 Å². The molecule has 174 valence electrons. The van der Waals surface area contributed by atoms with Gasteiger partial charge in [0.1, 0.15) is 17.7 Å². The molecule has 1 saturated heterocycles. The van der Waals surface area contributed by atoms with E-state index in [9.17, 15) is 14.9 Å². The molecule has 0 saturated carbocycles. The number of aryl methyl sites for hydroxylation is 1. The van der Waals surface area contributed by atoms with Crippen molar-refractivity contribution in [1.29, 1.82) is 5.26 Å². The van der Waals surface area contributed by atoms with E-state index in [2.05, 4.69) is 16.7 Å². The fraction of sp³-hybridized carbons (Fsp3) is 0.320. The summed E-state index contributed by atoms with van der Waals surface area (Å²) in [6.07, 6.45) is 2.17. The Morgan fingerprint density at radius 1 is 1.32 bits per heavy atom. The van der Waals surface area contributed by atoms with E-state index in [0.717, 1.165) is 35.0 Å². The third-order valence-corrected chi connectivity index (χ3v) is 6.14. The van der Waals surface area contributed by atoms with Crippen LogP contribution in [0.4, 0.5) is 0 Å². The number of benzene rings is 2. The van der Waals surface area contributed by atoms with E-state index in [1.165, 1.54) is 4.57 Å². The molecule has 0 bridgehead atoms. The highest BCUT2D eigenvalue weighted by Crippen LogP contribution is 2.33. The normalized spacial score (nSPS) is 17.4. The van der Waals surface area contributed by atoms with Crippen LogP contribution >= 0.6 is 0 Å². The predicted molar refractivity (Wildman–Crippen MR) is 125 cm³/mol. The minimum absolute atomic E-state index is 0.292. The molecule has 9 nitrogen and oxygen atoms in total. The zero-order valence-corrected chi connectivity index (χ0v) is 18.7. The second kappa shape index (κ2) is 9.17. The molecule has 5 rings (SSSR count). The highest BCUT2D eigenvalue weighted by molar-refractivity contribution is 5.96. The Morgan fingerprint density at radius 3 is 3.06 bits per heavy atom. The van der Waals surface area contributed by atoms with Crippen LogP contribution in [0.3, 0.4) is 0 Å². The number of furan rings is 1. The molecule has 2 aromatic carbocycles. The summed E-state index contributed by atoms with van der Waals surface area (Å²) in [5.74, 6) is -0.708. The molecule has 2 aromatic heterocycles. The van der Waals surface area contributed by atoms with Gasteiger partial charge in [0.15, 0.2) is 5.58 Å². The minimum atomic E-state index is -0.708. The Hall–Kier alpha value is -3.87. The second-order valence-corrected chi connectivity index (χ2v) is 8.36. The topological polar surface area (TPSA) is 122 Å². The van der Waals surface area contributed by atoms with Gasteiger partial charge in [-0.15, -0.1) is 0 Å². The number of ether oxygens (including phenoxy) is 1. The minimum Gasteiger partial charge on any atom is -0.464 e. The maximum Gasteiger partial charge on any atom is 0.419 e. The van der Waals surface area contributed by atoms with Gasteiger partial charge < -0.3 is 24.2 Å². The molecular formula is C25H24N4O5. The van der Waals surface area contributed by atoms with Crippen LogP contribution in [0.1, 0.15) is 12.0 Å². The number of aromatic nitrogens is 1. The molecule has 9 heteroatoms. The molecule has 1 aliphatic heterocycles. The number of oxazole rings is 1. The molecule has 1 fully saturated rings. The molecule has 0 spiro atoms. The Morgan fingerprint density at radius 2 is 2.21 bits per heavy atom. The molecular weight excluding hydrogens is 436 g/mol. The first-order valence-corrected chi connectivity index (χ1v) is 11.2. The van der Waals surface area contributed by atoms with Crippen molar-refractivity contribution < 1.29 is 18.4 Å². The van der Waals surface area contributed by atoms with Gasteiger partial charge in [-0.3, -0.25) is 9.36 Å². The zero-order chi connectivity index (χ0) is 23.7. The van der Waals surface area contributed by atoms with Crippen LogP contribution in [0, 0.1) is 11.3 Å². The van der Waals surface area contributed by atoms with E-state index < -0.39 is 17.9 Å². The monoisotopic (exact) mass is 460 g/mol. The van der Waals surface area contributed by atoms with Gasteiger partial charge in [0.2, 0.25) is 0 Å². The number of carbonyl (C=O) groups is 1. The summed E-state index contributed by atoms with van der Waals surface area (Å²) in [7, 11) is 1.66. The number of nitrogens with zero attached hydrogens (tertiary/aromatic N) is 2. The smallest absolute Gasteiger partial charge is 0.419 e. The molecule has 3 heterocycles. The molecule has 4 aromatic rings. The van der Waals surface area contributed by atoms with Gasteiger partial charge in [0, 0.05) is 37.6 Å². The lowest BCUT2D eigenvalue weighted by Crippen LogP contribution is -2.46. The standard InChI is InChI=1S/C25H24N4O5/c1-29-20-12-16(4-6-21(20)34-25(29)31)18-5-3-15(19-7-10-33-23(18)19)11-17(13-26)28-24(30)22-14-27-8-2-9-32-22/h3-7,10,12,17,22,27H,2,8-9,11,14H2,1H3,(H,28,30)/t17?,22-/m1/s1. The Balaban J connectivity index is 1.41. The summed E-state index contributed by atoms with van der Waals surface area (Å²) in [6, 6.07) is 12.7. The molecule has 1 amide bonds. The zero-order valence-electron chi connectivity index (χ0n) is 18.7. The van der Waals surface area contributed by atoms with Crippen LogP contribution in [-0.2, 0) is 23.0 Å². The number of hydrogen-bond donors (Lipinski definition) is 2. The summed E-state index contributed by atoms with van der Waals surface area (Å²) in [4.78, 5) is 24.5. The fourth-order valence-electron chi connectivity index (χ4n) is 4.32. The van der Waals surface area contributed by atoms with Gasteiger partial charge in [-0.1, -0.05) is 18.2 Å². The van der Waals surface area contributed by atoms with Gasteiger partial charge in [-0.25, -0.2) is 4.79 Å². The van der Waals surface area contributed by atoms with Crippen molar-refractivity contribution >= 4 is 28.0 Å². The third-order valence-electron chi connectivity index (χ3n) is 6.14. The lowest BCUT2D eigenvalue weighted by atomic mass is 9.96. The summed E-state index contributed by atoms with van der Waals surface area (Å²) >= 11 is 0. The predicted octanol–water partition coefficient (Wildman–Crippen LogP) is 2.47. The van der Waals surface area contributed by atoms with Crippen molar-refractivity contribution in [2.75, 3.05) is 19.7 Å². The maximum atomic E-state index is 12.6. The van der Waals surface area contributed by atoms with Crippen molar-refractivity contribution in [3.63, 3.8) is 0 Å². The van der Waals surface area contributed by atoms with Crippen molar-refractivity contribution in [2.24, 2.45) is 7.05 Å². The van der Waals surface area contributed by atoms with Gasteiger partial charge >= 0.3 is 5.76 Å². The number of rotatable bonds is 5. The van der Waals surface area contributed by atoms with Crippen molar-refractivity contribution in [1.82, 2.24) is 15.2 Å². The Labute approximate surface area is 194 Å². The molecule has 2 atom stereocenters. The van der Waals surface area contributed by atoms with Crippen molar-refractivity contribution in [3.8, 4) is 17.2 Å². The van der Waals surface area contributed by atoms with Crippen LogP contribution in [0.15, 0.2) is 56.3 Å². The number of hydrogen-bond acceptors (Lipinski definition) is 7. The second-order valence-electron chi connectivity index (χ2n) is 8.36. The van der Waals surface area contributed by atoms with E-state index in [-0.39, 0.29) is 5.91 Å². The SMILES string of the molecule is Cn1c(=O)oc2ccc(-c3ccc(CC(C#N)NC(=O)[C@H]4CNCCCO4)c4ccoc34)cc21. The fourth-order valence-corrected chi connectivity index (χ4v) is 4.32. The lowest BCUT2D eigenvalue weighted by Gasteiger charge is -2.18. The van der Waals surface area contributed by atoms with Gasteiger partial charge in [0.25, 0.3) is 5.91 Å². The van der Waals surface area contributed by atoms with E-state index in [1.807, 2.05) is 30.3 Å². The number of amides is 1. The van der Waals surface area contributed by atoms with E-state index in [1.54, 1.807) is 19.4 Å². The highest BCUT2D eigenvalue weighted by atomic mass is 16.5. The molecule has 1 aliphatic rings. The number of nitriles is 1. The van der Waals surface area contributed by atoms with E-state index in [4.69, 9.17) is 13.6 Å². The average molecular weight is 460 g/mol. The largest absolute Gasteiger partial charge is 0.464 e. The molecule has 2 N–H and O–H groups in total. The summed E-state index contributed by atoms with van der Waals surface area (Å²) in [6.45, 7) is 1.75. The molecule has 0 aliphatic carbocycles. The maximum absolute atomic E-state index is 12.6. The Kier molecular flexibility index (Phi) is 5.92. The number of nitrogens with one attached hydrogen (secondary N) is 2. The first kappa shape index (κ1) is 21.9. The van der Waals surface area contributed by atoms with Gasteiger partial charge in [-0.2, -0.15) is 5.26 Å². The molecule has 1 unspecified atom stereocenters.